The highest BCUT2D eigenvalue weighted by atomic mass is 16.2. The molecule has 1 fully saturated rings. The van der Waals surface area contributed by atoms with Crippen LogP contribution in [0.1, 0.15) is 36.4 Å². The number of aryl methyl sites for hydroxylation is 1. The van der Waals surface area contributed by atoms with Gasteiger partial charge in [-0.2, -0.15) is 0 Å². The standard InChI is InChI=1S/C16H23N3O2/c1-12-5-7-13(8-6-12)15(17)16(21)18-11-14(20)19-9-3-2-4-10-19/h5-8,15H,2-4,9-11,17H2,1H3,(H,18,21). The molecular weight excluding hydrogens is 266 g/mol. The molecule has 1 aromatic carbocycles. The Kier molecular flexibility index (Phi) is 5.33. The van der Waals surface area contributed by atoms with Crippen molar-refractivity contribution in [1.29, 1.82) is 0 Å². The highest BCUT2D eigenvalue weighted by molar-refractivity contribution is 5.88. The number of benzene rings is 1. The summed E-state index contributed by atoms with van der Waals surface area (Å²) in [6.07, 6.45) is 3.26. The van der Waals surface area contributed by atoms with Crippen LogP contribution in [0.5, 0.6) is 0 Å². The van der Waals surface area contributed by atoms with Crippen LogP contribution in [-0.2, 0) is 9.59 Å². The molecule has 5 heteroatoms. The SMILES string of the molecule is Cc1ccc(C(N)C(=O)NCC(=O)N2CCCCC2)cc1. The first-order valence-corrected chi connectivity index (χ1v) is 7.45. The van der Waals surface area contributed by atoms with E-state index in [9.17, 15) is 9.59 Å². The molecule has 1 unspecified atom stereocenters. The monoisotopic (exact) mass is 289 g/mol. The van der Waals surface area contributed by atoms with Gasteiger partial charge in [0, 0.05) is 13.1 Å². The van der Waals surface area contributed by atoms with E-state index in [1.807, 2.05) is 31.2 Å². The molecule has 0 aromatic heterocycles. The second-order valence-electron chi connectivity index (χ2n) is 5.55. The quantitative estimate of drug-likeness (QED) is 0.872. The van der Waals surface area contributed by atoms with Crippen LogP contribution in [0.15, 0.2) is 24.3 Å². The van der Waals surface area contributed by atoms with Crippen molar-refractivity contribution >= 4 is 11.8 Å². The number of carbonyl (C=O) groups is 2. The molecule has 1 heterocycles. The molecule has 0 bridgehead atoms. The van der Waals surface area contributed by atoms with Gasteiger partial charge in [0.15, 0.2) is 0 Å². The molecule has 5 nitrogen and oxygen atoms in total. The summed E-state index contributed by atoms with van der Waals surface area (Å²) in [4.78, 5) is 25.8. The average molecular weight is 289 g/mol. The Hall–Kier alpha value is -1.88. The number of rotatable bonds is 4. The molecule has 1 aliphatic heterocycles. The lowest BCUT2D eigenvalue weighted by Crippen LogP contribution is -2.44. The van der Waals surface area contributed by atoms with Gasteiger partial charge < -0.3 is 16.0 Å². The van der Waals surface area contributed by atoms with E-state index in [4.69, 9.17) is 5.73 Å². The van der Waals surface area contributed by atoms with Gasteiger partial charge in [-0.3, -0.25) is 9.59 Å². The number of carbonyl (C=O) groups excluding carboxylic acids is 2. The summed E-state index contributed by atoms with van der Waals surface area (Å²) in [7, 11) is 0. The Morgan fingerprint density at radius 2 is 1.81 bits per heavy atom. The van der Waals surface area contributed by atoms with Gasteiger partial charge in [-0.15, -0.1) is 0 Å². The second kappa shape index (κ2) is 7.22. The van der Waals surface area contributed by atoms with Gasteiger partial charge in [0.05, 0.1) is 6.54 Å². The summed E-state index contributed by atoms with van der Waals surface area (Å²) in [6, 6.07) is 6.78. The summed E-state index contributed by atoms with van der Waals surface area (Å²) in [5.41, 5.74) is 7.79. The molecule has 21 heavy (non-hydrogen) atoms. The van der Waals surface area contributed by atoms with E-state index in [-0.39, 0.29) is 18.4 Å². The molecule has 3 N–H and O–H groups in total. The molecule has 0 aliphatic carbocycles. The molecule has 2 amide bonds. The summed E-state index contributed by atoms with van der Waals surface area (Å²) in [5, 5.41) is 2.64. The number of hydrogen-bond donors (Lipinski definition) is 2. The molecule has 1 aliphatic rings. The van der Waals surface area contributed by atoms with Gasteiger partial charge in [-0.1, -0.05) is 29.8 Å². The minimum absolute atomic E-state index is 0.0262. The van der Waals surface area contributed by atoms with Crippen LogP contribution in [0.25, 0.3) is 0 Å². The first-order chi connectivity index (χ1) is 10.1. The number of amides is 2. The third kappa shape index (κ3) is 4.29. The fourth-order valence-electron chi connectivity index (χ4n) is 2.45. The van der Waals surface area contributed by atoms with Crippen molar-refractivity contribution < 1.29 is 9.59 Å². The number of piperidine rings is 1. The highest BCUT2D eigenvalue weighted by Crippen LogP contribution is 2.12. The first kappa shape index (κ1) is 15.5. The predicted octanol–water partition coefficient (Wildman–Crippen LogP) is 1.12. The molecule has 1 atom stereocenters. The van der Waals surface area contributed by atoms with E-state index in [1.165, 1.54) is 6.42 Å². The Balaban J connectivity index is 1.83. The minimum Gasteiger partial charge on any atom is -0.345 e. The van der Waals surface area contributed by atoms with Crippen molar-refractivity contribution in [2.75, 3.05) is 19.6 Å². The molecule has 2 rings (SSSR count). The summed E-state index contributed by atoms with van der Waals surface area (Å²) in [5.74, 6) is -0.344. The number of nitrogens with zero attached hydrogens (tertiary/aromatic N) is 1. The molecular formula is C16H23N3O2. The largest absolute Gasteiger partial charge is 0.345 e. The van der Waals surface area contributed by atoms with Gasteiger partial charge in [-0.05, 0) is 31.7 Å². The Labute approximate surface area is 125 Å². The molecule has 114 valence electrons. The fraction of sp³-hybridized carbons (Fsp3) is 0.500. The normalized spacial score (nSPS) is 16.4. The average Bonchev–Trinajstić information content (AvgIpc) is 2.53. The van der Waals surface area contributed by atoms with Crippen molar-refractivity contribution in [3.8, 4) is 0 Å². The van der Waals surface area contributed by atoms with E-state index in [2.05, 4.69) is 5.32 Å². The number of nitrogens with two attached hydrogens (primary N) is 1. The summed E-state index contributed by atoms with van der Waals surface area (Å²) >= 11 is 0. The Bertz CT molecular complexity index is 493. The van der Waals surface area contributed by atoms with Crippen LogP contribution in [0, 0.1) is 6.92 Å². The molecule has 1 aromatic rings. The lowest BCUT2D eigenvalue weighted by molar-refractivity contribution is -0.133. The van der Waals surface area contributed by atoms with E-state index in [0.29, 0.717) is 0 Å². The van der Waals surface area contributed by atoms with Gasteiger partial charge in [0.1, 0.15) is 6.04 Å². The number of hydrogen-bond acceptors (Lipinski definition) is 3. The van der Waals surface area contributed by atoms with Crippen LogP contribution >= 0.6 is 0 Å². The third-order valence-corrected chi connectivity index (χ3v) is 3.84. The van der Waals surface area contributed by atoms with Gasteiger partial charge in [0.25, 0.3) is 0 Å². The minimum atomic E-state index is -0.736. The molecule has 0 radical (unpaired) electrons. The first-order valence-electron chi connectivity index (χ1n) is 7.45. The summed E-state index contributed by atoms with van der Waals surface area (Å²) in [6.45, 7) is 3.59. The van der Waals surface area contributed by atoms with Crippen molar-refractivity contribution in [2.24, 2.45) is 5.73 Å². The van der Waals surface area contributed by atoms with Crippen molar-refractivity contribution in [3.63, 3.8) is 0 Å². The zero-order chi connectivity index (χ0) is 15.2. The van der Waals surface area contributed by atoms with Crippen LogP contribution in [0.2, 0.25) is 0 Å². The lowest BCUT2D eigenvalue weighted by Gasteiger charge is -2.27. The molecule has 1 saturated heterocycles. The molecule has 0 spiro atoms. The maximum atomic E-state index is 12.0. The zero-order valence-corrected chi connectivity index (χ0v) is 12.5. The van der Waals surface area contributed by atoms with E-state index < -0.39 is 6.04 Å². The van der Waals surface area contributed by atoms with E-state index >= 15 is 0 Å². The third-order valence-electron chi connectivity index (χ3n) is 3.84. The van der Waals surface area contributed by atoms with E-state index in [0.717, 1.165) is 37.1 Å². The highest BCUT2D eigenvalue weighted by Gasteiger charge is 2.19. The fourth-order valence-corrected chi connectivity index (χ4v) is 2.45. The van der Waals surface area contributed by atoms with Gasteiger partial charge in [-0.25, -0.2) is 0 Å². The van der Waals surface area contributed by atoms with Crippen molar-refractivity contribution in [3.05, 3.63) is 35.4 Å². The number of nitrogens with one attached hydrogen (secondary N) is 1. The second-order valence-corrected chi connectivity index (χ2v) is 5.55. The topological polar surface area (TPSA) is 75.4 Å². The maximum absolute atomic E-state index is 12.0. The van der Waals surface area contributed by atoms with Gasteiger partial charge >= 0.3 is 0 Å². The maximum Gasteiger partial charge on any atom is 0.241 e. The lowest BCUT2D eigenvalue weighted by atomic mass is 10.1. The predicted molar refractivity (Wildman–Crippen MR) is 81.5 cm³/mol. The smallest absolute Gasteiger partial charge is 0.241 e. The molecule has 0 saturated carbocycles. The van der Waals surface area contributed by atoms with Gasteiger partial charge in [0.2, 0.25) is 11.8 Å². The number of likely N-dealkylation sites (tertiary alicyclic amines) is 1. The van der Waals surface area contributed by atoms with Crippen molar-refractivity contribution in [2.45, 2.75) is 32.2 Å². The Morgan fingerprint density at radius 3 is 2.43 bits per heavy atom. The Morgan fingerprint density at radius 1 is 1.19 bits per heavy atom. The van der Waals surface area contributed by atoms with Crippen LogP contribution in [-0.4, -0.2) is 36.3 Å². The van der Waals surface area contributed by atoms with E-state index in [1.54, 1.807) is 4.90 Å². The zero-order valence-electron chi connectivity index (χ0n) is 12.5. The summed E-state index contributed by atoms with van der Waals surface area (Å²) < 4.78 is 0. The van der Waals surface area contributed by atoms with Crippen LogP contribution in [0.3, 0.4) is 0 Å². The van der Waals surface area contributed by atoms with Crippen LogP contribution < -0.4 is 11.1 Å². The van der Waals surface area contributed by atoms with Crippen LogP contribution in [0.4, 0.5) is 0 Å². The van der Waals surface area contributed by atoms with Crippen molar-refractivity contribution in [1.82, 2.24) is 10.2 Å².